The first-order chi connectivity index (χ1) is 11.5. The van der Waals surface area contributed by atoms with Gasteiger partial charge in [0, 0.05) is 32.4 Å². The number of nitrogens with zero attached hydrogens (tertiary/aromatic N) is 2. The molecule has 6 heteroatoms. The van der Waals surface area contributed by atoms with Crippen molar-refractivity contribution in [3.8, 4) is 0 Å². The van der Waals surface area contributed by atoms with Crippen LogP contribution in [0.2, 0.25) is 0 Å². The fourth-order valence-electron chi connectivity index (χ4n) is 2.29. The van der Waals surface area contributed by atoms with E-state index in [4.69, 9.17) is 0 Å². The highest BCUT2D eigenvalue weighted by molar-refractivity contribution is 5.86. The summed E-state index contributed by atoms with van der Waals surface area (Å²) in [5, 5.41) is 2.80. The molecule has 0 radical (unpaired) electrons. The van der Waals surface area contributed by atoms with Crippen molar-refractivity contribution >= 4 is 11.8 Å². The maximum atomic E-state index is 13.0. The first kappa shape index (κ1) is 17.6. The Kier molecular flexibility index (Phi) is 6.01. The second-order valence-corrected chi connectivity index (χ2v) is 5.53. The van der Waals surface area contributed by atoms with Crippen molar-refractivity contribution in [1.82, 2.24) is 15.2 Å². The predicted molar refractivity (Wildman–Crippen MR) is 88.2 cm³/mol. The van der Waals surface area contributed by atoms with Crippen LogP contribution < -0.4 is 5.32 Å². The summed E-state index contributed by atoms with van der Waals surface area (Å²) in [5.74, 6) is -0.810. The second kappa shape index (κ2) is 8.19. The molecule has 0 fully saturated rings. The van der Waals surface area contributed by atoms with Crippen molar-refractivity contribution in [2.24, 2.45) is 0 Å². The Morgan fingerprint density at radius 2 is 1.92 bits per heavy atom. The summed E-state index contributed by atoms with van der Waals surface area (Å²) in [4.78, 5) is 29.7. The molecule has 0 spiro atoms. The third-order valence-electron chi connectivity index (χ3n) is 3.71. The molecule has 0 saturated heterocycles. The Hall–Kier alpha value is -2.76. The molecule has 0 aliphatic carbocycles. The summed E-state index contributed by atoms with van der Waals surface area (Å²) in [5.41, 5.74) is 1.64. The lowest BCUT2D eigenvalue weighted by Gasteiger charge is -2.27. The molecule has 1 aromatic heterocycles. The standard InChI is InChI=1S/C18H20FN3O2/c1-13(18(24)21-11-16-4-3-9-20-10-16)22(14(2)23)12-15-5-7-17(19)8-6-15/h3-10,13H,11-12H2,1-2H3,(H,21,24)/t13-/m1/s1. The van der Waals surface area contributed by atoms with Gasteiger partial charge in [-0.3, -0.25) is 14.6 Å². The average molecular weight is 329 g/mol. The molecule has 2 rings (SSSR count). The van der Waals surface area contributed by atoms with Crippen LogP contribution in [0.25, 0.3) is 0 Å². The molecule has 1 atom stereocenters. The molecular formula is C18H20FN3O2. The van der Waals surface area contributed by atoms with Crippen LogP contribution in [0.4, 0.5) is 4.39 Å². The molecule has 1 heterocycles. The van der Waals surface area contributed by atoms with Crippen molar-refractivity contribution in [3.63, 3.8) is 0 Å². The topological polar surface area (TPSA) is 62.3 Å². The lowest BCUT2D eigenvalue weighted by Crippen LogP contribution is -2.46. The molecular weight excluding hydrogens is 309 g/mol. The number of hydrogen-bond donors (Lipinski definition) is 1. The van der Waals surface area contributed by atoms with Gasteiger partial charge in [-0.05, 0) is 36.2 Å². The van der Waals surface area contributed by atoms with E-state index in [1.54, 1.807) is 37.5 Å². The molecule has 0 bridgehead atoms. The summed E-state index contributed by atoms with van der Waals surface area (Å²) >= 11 is 0. The minimum atomic E-state index is -0.635. The number of hydrogen-bond acceptors (Lipinski definition) is 3. The summed E-state index contributed by atoms with van der Waals surface area (Å²) in [6.45, 7) is 3.67. The van der Waals surface area contributed by atoms with Gasteiger partial charge in [-0.1, -0.05) is 18.2 Å². The monoisotopic (exact) mass is 329 g/mol. The minimum absolute atomic E-state index is 0.219. The fourth-order valence-corrected chi connectivity index (χ4v) is 2.29. The van der Waals surface area contributed by atoms with Crippen molar-refractivity contribution in [3.05, 3.63) is 65.7 Å². The first-order valence-electron chi connectivity index (χ1n) is 7.65. The van der Waals surface area contributed by atoms with E-state index in [1.165, 1.54) is 24.0 Å². The number of carbonyl (C=O) groups is 2. The van der Waals surface area contributed by atoms with E-state index < -0.39 is 6.04 Å². The molecule has 1 aromatic carbocycles. The highest BCUT2D eigenvalue weighted by Gasteiger charge is 2.23. The highest BCUT2D eigenvalue weighted by Crippen LogP contribution is 2.10. The second-order valence-electron chi connectivity index (χ2n) is 5.53. The first-order valence-corrected chi connectivity index (χ1v) is 7.65. The lowest BCUT2D eigenvalue weighted by molar-refractivity contribution is -0.139. The van der Waals surface area contributed by atoms with Gasteiger partial charge in [0.25, 0.3) is 0 Å². The number of carbonyl (C=O) groups excluding carboxylic acids is 2. The predicted octanol–water partition coefficient (Wildman–Crippen LogP) is 2.27. The van der Waals surface area contributed by atoms with Crippen LogP contribution in [-0.4, -0.2) is 27.7 Å². The Labute approximate surface area is 140 Å². The van der Waals surface area contributed by atoms with Crippen LogP contribution in [0.1, 0.15) is 25.0 Å². The number of benzene rings is 1. The summed E-state index contributed by atoms with van der Waals surface area (Å²) in [6.07, 6.45) is 3.33. The molecule has 2 amide bonds. The smallest absolute Gasteiger partial charge is 0.242 e. The number of nitrogens with one attached hydrogen (secondary N) is 1. The molecule has 0 aliphatic rings. The lowest BCUT2D eigenvalue weighted by atomic mass is 10.1. The summed E-state index contributed by atoms with van der Waals surface area (Å²) < 4.78 is 13.0. The van der Waals surface area contributed by atoms with Crippen molar-refractivity contribution in [1.29, 1.82) is 0 Å². The van der Waals surface area contributed by atoms with E-state index in [0.29, 0.717) is 6.54 Å². The molecule has 5 nitrogen and oxygen atoms in total. The Bertz CT molecular complexity index is 689. The van der Waals surface area contributed by atoms with Gasteiger partial charge in [-0.2, -0.15) is 0 Å². The van der Waals surface area contributed by atoms with E-state index in [2.05, 4.69) is 10.3 Å². The Morgan fingerprint density at radius 1 is 1.21 bits per heavy atom. The summed E-state index contributed by atoms with van der Waals surface area (Å²) in [7, 11) is 0. The van der Waals surface area contributed by atoms with Gasteiger partial charge >= 0.3 is 0 Å². The van der Waals surface area contributed by atoms with E-state index >= 15 is 0 Å². The van der Waals surface area contributed by atoms with Gasteiger partial charge in [0.15, 0.2) is 0 Å². The maximum absolute atomic E-state index is 13.0. The molecule has 24 heavy (non-hydrogen) atoms. The molecule has 1 N–H and O–H groups in total. The van der Waals surface area contributed by atoms with E-state index in [-0.39, 0.29) is 24.2 Å². The van der Waals surface area contributed by atoms with Crippen LogP contribution in [0.5, 0.6) is 0 Å². The van der Waals surface area contributed by atoms with E-state index in [9.17, 15) is 14.0 Å². The minimum Gasteiger partial charge on any atom is -0.350 e. The van der Waals surface area contributed by atoms with Crippen LogP contribution in [-0.2, 0) is 22.7 Å². The number of pyridine rings is 1. The van der Waals surface area contributed by atoms with Gasteiger partial charge in [0.05, 0.1) is 0 Å². The number of halogens is 1. The molecule has 2 aromatic rings. The fraction of sp³-hybridized carbons (Fsp3) is 0.278. The Morgan fingerprint density at radius 3 is 2.50 bits per heavy atom. The highest BCUT2D eigenvalue weighted by atomic mass is 19.1. The average Bonchev–Trinajstić information content (AvgIpc) is 2.59. The van der Waals surface area contributed by atoms with E-state index in [1.807, 2.05) is 6.07 Å². The Balaban J connectivity index is 1.99. The zero-order valence-corrected chi connectivity index (χ0v) is 13.7. The SMILES string of the molecule is CC(=O)N(Cc1ccc(F)cc1)[C@H](C)C(=O)NCc1cccnc1. The van der Waals surface area contributed by atoms with Crippen molar-refractivity contribution in [2.45, 2.75) is 33.0 Å². The third-order valence-corrected chi connectivity index (χ3v) is 3.71. The van der Waals surface area contributed by atoms with Crippen molar-refractivity contribution < 1.29 is 14.0 Å². The normalized spacial score (nSPS) is 11.6. The van der Waals surface area contributed by atoms with Crippen molar-refractivity contribution in [2.75, 3.05) is 0 Å². The number of aromatic nitrogens is 1. The zero-order valence-electron chi connectivity index (χ0n) is 13.7. The molecule has 0 saturated carbocycles. The zero-order chi connectivity index (χ0) is 17.5. The molecule has 0 unspecified atom stereocenters. The quantitative estimate of drug-likeness (QED) is 0.884. The number of amides is 2. The maximum Gasteiger partial charge on any atom is 0.242 e. The van der Waals surface area contributed by atoms with Gasteiger partial charge in [-0.15, -0.1) is 0 Å². The molecule has 0 aliphatic heterocycles. The largest absolute Gasteiger partial charge is 0.350 e. The van der Waals surface area contributed by atoms with Gasteiger partial charge in [0.2, 0.25) is 11.8 Å². The van der Waals surface area contributed by atoms with Crippen LogP contribution >= 0.6 is 0 Å². The summed E-state index contributed by atoms with van der Waals surface area (Å²) in [6, 6.07) is 8.89. The van der Waals surface area contributed by atoms with Gasteiger partial charge < -0.3 is 10.2 Å². The number of rotatable bonds is 6. The van der Waals surface area contributed by atoms with Gasteiger partial charge in [0.1, 0.15) is 11.9 Å². The third kappa shape index (κ3) is 4.87. The van der Waals surface area contributed by atoms with Crippen LogP contribution in [0, 0.1) is 5.82 Å². The van der Waals surface area contributed by atoms with Crippen LogP contribution in [0.15, 0.2) is 48.8 Å². The molecule has 126 valence electrons. The van der Waals surface area contributed by atoms with Gasteiger partial charge in [-0.25, -0.2) is 4.39 Å². The van der Waals surface area contributed by atoms with E-state index in [0.717, 1.165) is 11.1 Å². The van der Waals surface area contributed by atoms with Crippen LogP contribution in [0.3, 0.4) is 0 Å².